The van der Waals surface area contributed by atoms with Gasteiger partial charge in [-0.05, 0) is 13.0 Å². The largest absolute Gasteiger partial charge is 0.543 e. The summed E-state index contributed by atoms with van der Waals surface area (Å²) in [5.74, 6) is -2.56. The third-order valence-corrected chi connectivity index (χ3v) is 7.24. The molecule has 196 valence electrons. The summed E-state index contributed by atoms with van der Waals surface area (Å²) in [6.45, 7) is 2.41. The zero-order valence-electron chi connectivity index (χ0n) is 19.6. The Morgan fingerprint density at radius 2 is 2.27 bits per heavy atom. The minimum atomic E-state index is -1.48. The first-order valence-corrected chi connectivity index (χ1v) is 13.0. The molecule has 16 heteroatoms. The number of carbonyl (C=O) groups excluding carboxylic acids is 3. The number of carbonyl (C=O) groups is 3. The van der Waals surface area contributed by atoms with Gasteiger partial charge in [-0.25, -0.2) is 0 Å². The molecule has 0 spiro atoms. The first-order chi connectivity index (χ1) is 17.8. The highest BCUT2D eigenvalue weighted by atomic mass is 32.2. The van der Waals surface area contributed by atoms with Crippen molar-refractivity contribution in [3.63, 3.8) is 0 Å². The van der Waals surface area contributed by atoms with E-state index in [9.17, 15) is 19.5 Å². The maximum atomic E-state index is 13.0. The third kappa shape index (κ3) is 5.65. The van der Waals surface area contributed by atoms with E-state index in [0.29, 0.717) is 17.9 Å². The highest BCUT2D eigenvalue weighted by molar-refractivity contribution is 8.00. The number of hydrogen-bond acceptors (Lipinski definition) is 13. The van der Waals surface area contributed by atoms with Gasteiger partial charge >= 0.3 is 0 Å². The quantitative estimate of drug-likeness (QED) is 0.101. The number of carboxylic acids is 1. The van der Waals surface area contributed by atoms with Gasteiger partial charge in [0.25, 0.3) is 11.8 Å². The van der Waals surface area contributed by atoms with Gasteiger partial charge in [-0.2, -0.15) is 13.9 Å². The standard InChI is InChI=1S/C21H24N8O6S2/c1-2-35-26-13(16-25-21(22)37-27-16)17(31)24-14-18(32)29-15(20(33)34)11(10-36-19(14)29)8-28-6-3-4-12(9-28)23-5-7-30/h3-4,6,9,14,19,23,30H,2,5,7-8,10H2,1H3,(H3-,22,24,25,27,31,33,34)/t14?,19-/m1/s1. The first kappa shape index (κ1) is 26.3. The zero-order chi connectivity index (χ0) is 26.5. The molecule has 4 rings (SSSR count). The van der Waals surface area contributed by atoms with Crippen LogP contribution >= 0.6 is 23.3 Å². The molecule has 2 atom stereocenters. The number of β-lactam (4-membered cyclic amide) rings is 1. The molecule has 1 fully saturated rings. The molecular formula is C21H24N8O6S2. The monoisotopic (exact) mass is 548 g/mol. The number of nitrogen functional groups attached to an aromatic ring is 1. The molecule has 0 aliphatic carbocycles. The molecule has 2 aromatic rings. The zero-order valence-corrected chi connectivity index (χ0v) is 21.3. The first-order valence-electron chi connectivity index (χ1n) is 11.2. The van der Waals surface area contributed by atoms with E-state index in [4.69, 9.17) is 15.7 Å². The lowest BCUT2D eigenvalue weighted by atomic mass is 10.0. The van der Waals surface area contributed by atoms with E-state index in [-0.39, 0.29) is 42.1 Å². The van der Waals surface area contributed by atoms with Crippen LogP contribution in [0.15, 0.2) is 41.0 Å². The van der Waals surface area contributed by atoms with Gasteiger partial charge in [-0.3, -0.25) is 14.5 Å². The molecule has 4 heterocycles. The molecule has 0 radical (unpaired) electrons. The van der Waals surface area contributed by atoms with Crippen LogP contribution in [0.5, 0.6) is 0 Å². The van der Waals surface area contributed by atoms with Gasteiger partial charge in [-0.15, -0.1) is 11.8 Å². The maximum absolute atomic E-state index is 13.0. The predicted octanol–water partition coefficient (Wildman–Crippen LogP) is -2.34. The molecule has 5 N–H and O–H groups in total. The number of fused-ring (bicyclic) bond motifs is 1. The van der Waals surface area contributed by atoms with Crippen LogP contribution in [0.25, 0.3) is 0 Å². The van der Waals surface area contributed by atoms with Gasteiger partial charge in [0.2, 0.25) is 11.5 Å². The fourth-order valence-electron chi connectivity index (χ4n) is 3.79. The predicted molar refractivity (Wildman–Crippen MR) is 132 cm³/mol. The van der Waals surface area contributed by atoms with E-state index in [2.05, 4.69) is 25.1 Å². The number of rotatable bonds is 11. The van der Waals surface area contributed by atoms with Crippen LogP contribution in [0.4, 0.5) is 10.8 Å². The Labute approximate surface area is 219 Å². The van der Waals surface area contributed by atoms with Crippen LogP contribution in [0.1, 0.15) is 12.7 Å². The normalized spacial score (nSPS) is 19.2. The fraction of sp³-hybridized carbons (Fsp3) is 0.381. The molecule has 2 aliphatic heterocycles. The van der Waals surface area contributed by atoms with Gasteiger partial charge in [0, 0.05) is 35.5 Å². The number of carboxylic acid groups (broad SMARTS) is 1. The highest BCUT2D eigenvalue weighted by Gasteiger charge is 2.53. The van der Waals surface area contributed by atoms with Crippen LogP contribution in [-0.4, -0.2) is 79.8 Å². The number of oxime groups is 1. The number of thioether (sulfide) groups is 1. The van der Waals surface area contributed by atoms with Gasteiger partial charge in [0.15, 0.2) is 24.1 Å². The van der Waals surface area contributed by atoms with E-state index in [1.807, 2.05) is 6.07 Å². The number of amides is 2. The Morgan fingerprint density at radius 3 is 2.95 bits per heavy atom. The number of nitrogens with zero attached hydrogens (tertiary/aromatic N) is 5. The van der Waals surface area contributed by atoms with Gasteiger partial charge in [0.05, 0.1) is 24.0 Å². The molecule has 0 saturated carbocycles. The third-order valence-electron chi connectivity index (χ3n) is 5.35. The van der Waals surface area contributed by atoms with E-state index < -0.39 is 29.2 Å². The second-order valence-electron chi connectivity index (χ2n) is 7.83. The summed E-state index contributed by atoms with van der Waals surface area (Å²) in [6.07, 6.45) is 3.53. The summed E-state index contributed by atoms with van der Waals surface area (Å²) < 4.78 is 5.74. The van der Waals surface area contributed by atoms with E-state index >= 15 is 0 Å². The molecular weight excluding hydrogens is 524 g/mol. The Bertz CT molecular complexity index is 1270. The lowest BCUT2D eigenvalue weighted by Gasteiger charge is -2.50. The van der Waals surface area contributed by atoms with Crippen LogP contribution < -0.4 is 26.0 Å². The summed E-state index contributed by atoms with van der Waals surface area (Å²) >= 11 is 2.20. The number of anilines is 2. The SMILES string of the molecule is CCON=C(C(=O)NC1C(=O)N2C(C(=O)[O-])=C(C[n+]3cccc(NCCO)c3)CS[C@H]12)c1nsc(N)n1. The minimum Gasteiger partial charge on any atom is -0.543 e. The van der Waals surface area contributed by atoms with Gasteiger partial charge in [-0.1, -0.05) is 5.16 Å². The highest BCUT2D eigenvalue weighted by Crippen LogP contribution is 2.40. The summed E-state index contributed by atoms with van der Waals surface area (Å²) in [4.78, 5) is 48.1. The molecule has 2 aliphatic rings. The Balaban J connectivity index is 1.51. The number of aliphatic hydroxyl groups excluding tert-OH is 1. The van der Waals surface area contributed by atoms with Crippen molar-refractivity contribution in [2.45, 2.75) is 24.9 Å². The van der Waals surface area contributed by atoms with Gasteiger partial charge in [0.1, 0.15) is 18.0 Å². The summed E-state index contributed by atoms with van der Waals surface area (Å²) in [7, 11) is 0. The number of nitrogens with one attached hydrogen (secondary N) is 2. The summed E-state index contributed by atoms with van der Waals surface area (Å²) in [5, 5.41) is 29.9. The average Bonchev–Trinajstić information content (AvgIpc) is 3.31. The number of nitrogens with two attached hydrogens (primary N) is 1. The number of hydrogen-bond donors (Lipinski definition) is 4. The number of pyridine rings is 1. The summed E-state index contributed by atoms with van der Waals surface area (Å²) in [6, 6.07) is 2.61. The molecule has 0 bridgehead atoms. The van der Waals surface area contributed by atoms with Crippen LogP contribution in [0.2, 0.25) is 0 Å². The second-order valence-corrected chi connectivity index (χ2v) is 9.72. The molecule has 14 nitrogen and oxygen atoms in total. The topological polar surface area (TPSA) is 199 Å². The van der Waals surface area contributed by atoms with E-state index in [1.165, 1.54) is 11.8 Å². The number of aromatic nitrogens is 3. The van der Waals surface area contributed by atoms with E-state index in [0.717, 1.165) is 22.1 Å². The van der Waals surface area contributed by atoms with Crippen molar-refractivity contribution in [1.82, 2.24) is 19.6 Å². The maximum Gasteiger partial charge on any atom is 0.278 e. The second kappa shape index (κ2) is 11.5. The van der Waals surface area contributed by atoms with Crippen LogP contribution in [0.3, 0.4) is 0 Å². The molecule has 1 saturated heterocycles. The van der Waals surface area contributed by atoms with Crippen molar-refractivity contribution < 1.29 is 34.0 Å². The Morgan fingerprint density at radius 1 is 1.46 bits per heavy atom. The van der Waals surface area contributed by atoms with Crippen molar-refractivity contribution in [3.8, 4) is 0 Å². The van der Waals surface area contributed by atoms with Crippen molar-refractivity contribution in [1.29, 1.82) is 0 Å². The van der Waals surface area contributed by atoms with Gasteiger partial charge < -0.3 is 36.2 Å². The average molecular weight is 549 g/mol. The van der Waals surface area contributed by atoms with Crippen molar-refractivity contribution >= 4 is 57.6 Å². The van der Waals surface area contributed by atoms with Crippen molar-refractivity contribution in [2.75, 3.05) is 36.6 Å². The lowest BCUT2D eigenvalue weighted by Crippen LogP contribution is -2.71. The Hall–Kier alpha value is -3.76. The van der Waals surface area contributed by atoms with E-state index in [1.54, 1.807) is 30.0 Å². The summed E-state index contributed by atoms with van der Waals surface area (Å²) in [5.41, 5.74) is 6.39. The number of aliphatic carboxylic acids is 1. The number of aliphatic hydroxyl groups is 1. The van der Waals surface area contributed by atoms with Crippen molar-refractivity contribution in [3.05, 3.63) is 41.6 Å². The molecule has 1 unspecified atom stereocenters. The molecule has 0 aromatic carbocycles. The molecule has 37 heavy (non-hydrogen) atoms. The van der Waals surface area contributed by atoms with Crippen molar-refractivity contribution in [2.24, 2.45) is 5.16 Å². The smallest absolute Gasteiger partial charge is 0.278 e. The fourth-order valence-corrected chi connectivity index (χ4v) is 5.56. The molecule has 2 aromatic heterocycles. The lowest BCUT2D eigenvalue weighted by molar-refractivity contribution is -0.688. The van der Waals surface area contributed by atoms with Crippen LogP contribution in [-0.2, 0) is 25.8 Å². The van der Waals surface area contributed by atoms with Crippen LogP contribution in [0, 0.1) is 0 Å². The minimum absolute atomic E-state index is 0.0327. The Kier molecular flexibility index (Phi) is 8.20. The molecule has 2 amide bonds.